The van der Waals surface area contributed by atoms with Gasteiger partial charge in [0.2, 0.25) is 0 Å². The van der Waals surface area contributed by atoms with E-state index in [1.807, 2.05) is 18.2 Å². The number of urea groups is 1. The average Bonchev–Trinajstić information content (AvgIpc) is 2.39. The molecule has 4 nitrogen and oxygen atoms in total. The minimum Gasteiger partial charge on any atom is -0.393 e. The quantitative estimate of drug-likeness (QED) is 0.797. The van der Waals surface area contributed by atoms with Crippen LogP contribution < -0.4 is 10.6 Å². The second-order valence-corrected chi connectivity index (χ2v) is 5.40. The molecule has 3 N–H and O–H groups in total. The van der Waals surface area contributed by atoms with Gasteiger partial charge in [0, 0.05) is 17.6 Å². The van der Waals surface area contributed by atoms with Crippen LogP contribution in [0.2, 0.25) is 5.02 Å². The van der Waals surface area contributed by atoms with E-state index in [9.17, 15) is 9.90 Å². The first-order valence-corrected chi connectivity index (χ1v) is 6.98. The lowest BCUT2D eigenvalue weighted by Crippen LogP contribution is -2.43. The highest BCUT2D eigenvalue weighted by atomic mass is 35.5. The van der Waals surface area contributed by atoms with Gasteiger partial charge in [-0.1, -0.05) is 23.7 Å². The molecule has 0 spiro atoms. The van der Waals surface area contributed by atoms with Gasteiger partial charge in [-0.05, 0) is 43.4 Å². The molecule has 1 aliphatic carbocycles. The van der Waals surface area contributed by atoms with Gasteiger partial charge in [-0.3, -0.25) is 0 Å². The van der Waals surface area contributed by atoms with Crippen molar-refractivity contribution in [2.24, 2.45) is 0 Å². The van der Waals surface area contributed by atoms with Gasteiger partial charge in [0.05, 0.1) is 6.10 Å². The zero-order valence-corrected chi connectivity index (χ0v) is 11.5. The Morgan fingerprint density at radius 3 is 2.74 bits per heavy atom. The van der Waals surface area contributed by atoms with Gasteiger partial charge in [0.15, 0.2) is 0 Å². The van der Waals surface area contributed by atoms with Gasteiger partial charge in [-0.15, -0.1) is 0 Å². The summed E-state index contributed by atoms with van der Waals surface area (Å²) < 4.78 is 0. The molecule has 1 saturated carbocycles. The summed E-state index contributed by atoms with van der Waals surface area (Å²) in [5.74, 6) is 0. The number of nitrogens with one attached hydrogen (secondary N) is 2. The first kappa shape index (κ1) is 14.2. The molecule has 0 aliphatic heterocycles. The number of hydrogen-bond donors (Lipinski definition) is 3. The third kappa shape index (κ3) is 4.73. The molecule has 0 heterocycles. The number of carbonyl (C=O) groups is 1. The maximum atomic E-state index is 11.7. The van der Waals surface area contributed by atoms with Gasteiger partial charge in [-0.2, -0.15) is 0 Å². The first-order valence-electron chi connectivity index (χ1n) is 6.60. The highest BCUT2D eigenvalue weighted by Crippen LogP contribution is 2.18. The van der Waals surface area contributed by atoms with Crippen molar-refractivity contribution < 1.29 is 9.90 Å². The van der Waals surface area contributed by atoms with Crippen LogP contribution in [0.25, 0.3) is 0 Å². The topological polar surface area (TPSA) is 61.4 Å². The SMILES string of the molecule is O=C(NCc1cccc(Cl)c1)NC1CCC(O)CC1. The molecule has 0 unspecified atom stereocenters. The van der Waals surface area contributed by atoms with E-state index in [4.69, 9.17) is 11.6 Å². The van der Waals surface area contributed by atoms with Gasteiger partial charge in [0.25, 0.3) is 0 Å². The molecular weight excluding hydrogens is 264 g/mol. The summed E-state index contributed by atoms with van der Waals surface area (Å²) in [6, 6.07) is 7.42. The number of benzene rings is 1. The molecule has 1 aliphatic rings. The fourth-order valence-corrected chi connectivity index (χ4v) is 2.50. The Morgan fingerprint density at radius 1 is 1.32 bits per heavy atom. The van der Waals surface area contributed by atoms with E-state index in [1.54, 1.807) is 6.07 Å². The second kappa shape index (κ2) is 6.78. The monoisotopic (exact) mass is 282 g/mol. The van der Waals surface area contributed by atoms with Crippen molar-refractivity contribution in [3.05, 3.63) is 34.9 Å². The summed E-state index contributed by atoms with van der Waals surface area (Å²) >= 11 is 5.88. The van der Waals surface area contributed by atoms with Crippen molar-refractivity contribution in [1.29, 1.82) is 0 Å². The number of hydrogen-bond acceptors (Lipinski definition) is 2. The Hall–Kier alpha value is -1.26. The fourth-order valence-electron chi connectivity index (χ4n) is 2.29. The number of carbonyl (C=O) groups excluding carboxylic acids is 1. The Balaban J connectivity index is 1.73. The predicted octanol–water partition coefficient (Wildman–Crippen LogP) is 2.44. The lowest BCUT2D eigenvalue weighted by Gasteiger charge is -2.26. The van der Waals surface area contributed by atoms with Crippen LogP contribution in [0.3, 0.4) is 0 Å². The molecular formula is C14H19ClN2O2. The Bertz CT molecular complexity index is 431. The van der Waals surface area contributed by atoms with Crippen LogP contribution in [0.15, 0.2) is 24.3 Å². The molecule has 0 aromatic heterocycles. The van der Waals surface area contributed by atoms with Crippen LogP contribution in [0.5, 0.6) is 0 Å². The minimum absolute atomic E-state index is 0.165. The first-order chi connectivity index (χ1) is 9.13. The summed E-state index contributed by atoms with van der Waals surface area (Å²) in [6.45, 7) is 0.460. The lowest BCUT2D eigenvalue weighted by molar-refractivity contribution is 0.117. The van der Waals surface area contributed by atoms with Crippen LogP contribution in [0.1, 0.15) is 31.2 Å². The van der Waals surface area contributed by atoms with Crippen molar-refractivity contribution in [3.8, 4) is 0 Å². The summed E-state index contributed by atoms with van der Waals surface area (Å²) in [7, 11) is 0. The van der Waals surface area contributed by atoms with E-state index in [0.29, 0.717) is 11.6 Å². The van der Waals surface area contributed by atoms with E-state index < -0.39 is 0 Å². The van der Waals surface area contributed by atoms with Crippen LogP contribution >= 0.6 is 11.6 Å². The summed E-state index contributed by atoms with van der Waals surface area (Å²) in [5.41, 5.74) is 0.974. The van der Waals surface area contributed by atoms with Crippen LogP contribution in [0, 0.1) is 0 Å². The molecule has 1 aromatic carbocycles. The Labute approximate surface area is 118 Å². The molecule has 0 bridgehead atoms. The van der Waals surface area contributed by atoms with Gasteiger partial charge in [-0.25, -0.2) is 4.79 Å². The summed E-state index contributed by atoms with van der Waals surface area (Å²) in [4.78, 5) is 11.7. The van der Waals surface area contributed by atoms with Crippen LogP contribution in [-0.2, 0) is 6.54 Å². The summed E-state index contributed by atoms with van der Waals surface area (Å²) in [5, 5.41) is 15.8. The largest absolute Gasteiger partial charge is 0.393 e. The summed E-state index contributed by atoms with van der Waals surface area (Å²) in [6.07, 6.45) is 3.00. The molecule has 0 saturated heterocycles. The Morgan fingerprint density at radius 2 is 2.05 bits per heavy atom. The van der Waals surface area contributed by atoms with Crippen molar-refractivity contribution in [2.75, 3.05) is 0 Å². The van der Waals surface area contributed by atoms with Gasteiger partial charge >= 0.3 is 6.03 Å². The average molecular weight is 283 g/mol. The zero-order chi connectivity index (χ0) is 13.7. The van der Waals surface area contributed by atoms with Crippen molar-refractivity contribution in [2.45, 2.75) is 44.4 Å². The molecule has 0 radical (unpaired) electrons. The zero-order valence-electron chi connectivity index (χ0n) is 10.7. The Kier molecular flexibility index (Phi) is 5.05. The third-order valence-electron chi connectivity index (χ3n) is 3.37. The third-order valence-corrected chi connectivity index (χ3v) is 3.61. The smallest absolute Gasteiger partial charge is 0.315 e. The molecule has 5 heteroatoms. The van der Waals surface area contributed by atoms with E-state index in [-0.39, 0.29) is 18.2 Å². The number of aliphatic hydroxyl groups excluding tert-OH is 1. The van der Waals surface area contributed by atoms with Gasteiger partial charge in [0.1, 0.15) is 0 Å². The molecule has 2 rings (SSSR count). The standard InChI is InChI=1S/C14H19ClN2O2/c15-11-3-1-2-10(8-11)9-16-14(19)17-12-4-6-13(18)7-5-12/h1-3,8,12-13,18H,4-7,9H2,(H2,16,17,19). The second-order valence-electron chi connectivity index (χ2n) is 4.96. The highest BCUT2D eigenvalue weighted by molar-refractivity contribution is 6.30. The maximum absolute atomic E-state index is 11.7. The van der Waals surface area contributed by atoms with E-state index in [2.05, 4.69) is 10.6 Å². The molecule has 19 heavy (non-hydrogen) atoms. The predicted molar refractivity (Wildman–Crippen MR) is 75.1 cm³/mol. The molecule has 1 aromatic rings. The van der Waals surface area contributed by atoms with E-state index in [0.717, 1.165) is 31.2 Å². The number of amides is 2. The highest BCUT2D eigenvalue weighted by Gasteiger charge is 2.20. The van der Waals surface area contributed by atoms with E-state index >= 15 is 0 Å². The number of halogens is 1. The molecule has 2 amide bonds. The molecule has 1 fully saturated rings. The molecule has 104 valence electrons. The van der Waals surface area contributed by atoms with Crippen molar-refractivity contribution >= 4 is 17.6 Å². The fraction of sp³-hybridized carbons (Fsp3) is 0.500. The lowest BCUT2D eigenvalue weighted by atomic mass is 9.93. The van der Waals surface area contributed by atoms with Gasteiger partial charge < -0.3 is 15.7 Å². The van der Waals surface area contributed by atoms with Crippen LogP contribution in [0.4, 0.5) is 4.79 Å². The molecule has 0 atom stereocenters. The normalized spacial score (nSPS) is 22.8. The van der Waals surface area contributed by atoms with Crippen molar-refractivity contribution in [1.82, 2.24) is 10.6 Å². The van der Waals surface area contributed by atoms with Crippen molar-refractivity contribution in [3.63, 3.8) is 0 Å². The van der Waals surface area contributed by atoms with E-state index in [1.165, 1.54) is 0 Å². The number of aliphatic hydroxyl groups is 1. The minimum atomic E-state index is -0.201. The maximum Gasteiger partial charge on any atom is 0.315 e. The van der Waals surface area contributed by atoms with Crippen LogP contribution in [-0.4, -0.2) is 23.3 Å². The number of rotatable bonds is 3.